The molecule has 0 amide bonds. The van der Waals surface area contributed by atoms with Crippen molar-refractivity contribution in [1.82, 2.24) is 14.9 Å². The Morgan fingerprint density at radius 3 is 2.44 bits per heavy atom. The lowest BCUT2D eigenvalue weighted by Gasteiger charge is -2.28. The van der Waals surface area contributed by atoms with E-state index in [-0.39, 0.29) is 5.56 Å². The van der Waals surface area contributed by atoms with Crippen LogP contribution in [0.3, 0.4) is 0 Å². The van der Waals surface area contributed by atoms with Gasteiger partial charge >= 0.3 is 0 Å². The molecule has 2 heterocycles. The van der Waals surface area contributed by atoms with Gasteiger partial charge in [-0.15, -0.1) is 0 Å². The second-order valence-corrected chi connectivity index (χ2v) is 7.14. The van der Waals surface area contributed by atoms with Gasteiger partial charge in [0.1, 0.15) is 5.82 Å². The van der Waals surface area contributed by atoms with Gasteiger partial charge in [0.05, 0.1) is 27.0 Å². The number of methoxy groups -OCH3 is 3. The molecule has 1 aliphatic carbocycles. The molecule has 0 atom stereocenters. The van der Waals surface area contributed by atoms with Crippen molar-refractivity contribution >= 4 is 0 Å². The van der Waals surface area contributed by atoms with Crippen LogP contribution in [0.4, 0.5) is 0 Å². The third kappa shape index (κ3) is 3.51. The number of nitrogens with one attached hydrogen (secondary N) is 1. The number of aromatic amines is 1. The molecule has 1 aromatic heterocycles. The lowest BCUT2D eigenvalue weighted by molar-refractivity contribution is 0.238. The fourth-order valence-corrected chi connectivity index (χ4v) is 3.68. The van der Waals surface area contributed by atoms with Crippen LogP contribution in [0.1, 0.15) is 41.4 Å². The Labute approximate surface area is 158 Å². The minimum Gasteiger partial charge on any atom is -0.493 e. The van der Waals surface area contributed by atoms with E-state index in [1.807, 2.05) is 12.1 Å². The highest BCUT2D eigenvalue weighted by atomic mass is 16.5. The average molecular weight is 371 g/mol. The summed E-state index contributed by atoms with van der Waals surface area (Å²) in [6, 6.07) is 3.94. The van der Waals surface area contributed by atoms with Crippen molar-refractivity contribution in [2.24, 2.45) is 0 Å². The van der Waals surface area contributed by atoms with E-state index in [1.54, 1.807) is 21.3 Å². The molecule has 4 rings (SSSR count). The summed E-state index contributed by atoms with van der Waals surface area (Å²) in [6.07, 6.45) is 2.96. The molecule has 7 heteroatoms. The number of hydrogen-bond acceptors (Lipinski definition) is 6. The van der Waals surface area contributed by atoms with Gasteiger partial charge < -0.3 is 19.2 Å². The maximum absolute atomic E-state index is 12.4. The molecule has 0 radical (unpaired) electrons. The molecule has 144 valence electrons. The van der Waals surface area contributed by atoms with Gasteiger partial charge in [-0.25, -0.2) is 4.98 Å². The smallest absolute Gasteiger partial charge is 0.254 e. The Morgan fingerprint density at radius 1 is 1.15 bits per heavy atom. The molecule has 0 spiro atoms. The van der Waals surface area contributed by atoms with Crippen molar-refractivity contribution in [3.63, 3.8) is 0 Å². The van der Waals surface area contributed by atoms with Crippen molar-refractivity contribution in [1.29, 1.82) is 0 Å². The number of hydrogen-bond donors (Lipinski definition) is 1. The lowest BCUT2D eigenvalue weighted by atomic mass is 10.0. The Morgan fingerprint density at radius 2 is 1.85 bits per heavy atom. The molecule has 1 N–H and O–H groups in total. The molecule has 2 aliphatic rings. The summed E-state index contributed by atoms with van der Waals surface area (Å²) < 4.78 is 16.3. The van der Waals surface area contributed by atoms with Gasteiger partial charge in [0.15, 0.2) is 11.5 Å². The number of H-pyrrole nitrogens is 1. The highest BCUT2D eigenvalue weighted by Crippen LogP contribution is 2.39. The first-order chi connectivity index (χ1) is 13.1. The summed E-state index contributed by atoms with van der Waals surface area (Å²) in [6.45, 7) is 2.22. The van der Waals surface area contributed by atoms with E-state index in [9.17, 15) is 4.79 Å². The predicted molar refractivity (Wildman–Crippen MR) is 101 cm³/mol. The fourth-order valence-electron chi connectivity index (χ4n) is 3.68. The van der Waals surface area contributed by atoms with E-state index in [0.29, 0.717) is 36.1 Å². The molecule has 1 aliphatic heterocycles. The summed E-state index contributed by atoms with van der Waals surface area (Å²) in [4.78, 5) is 22.4. The molecule has 7 nitrogen and oxygen atoms in total. The third-order valence-electron chi connectivity index (χ3n) is 5.27. The average Bonchev–Trinajstić information content (AvgIpc) is 3.52. The number of nitrogens with zero attached hydrogens (tertiary/aromatic N) is 2. The largest absolute Gasteiger partial charge is 0.493 e. The van der Waals surface area contributed by atoms with Crippen LogP contribution in [-0.2, 0) is 19.5 Å². The highest BCUT2D eigenvalue weighted by molar-refractivity contribution is 5.53. The van der Waals surface area contributed by atoms with E-state index < -0.39 is 0 Å². The quantitative estimate of drug-likeness (QED) is 0.839. The van der Waals surface area contributed by atoms with Crippen LogP contribution in [0.5, 0.6) is 17.2 Å². The van der Waals surface area contributed by atoms with E-state index in [4.69, 9.17) is 19.2 Å². The minimum atomic E-state index is 0.0364. The van der Waals surface area contributed by atoms with Gasteiger partial charge in [-0.1, -0.05) is 0 Å². The van der Waals surface area contributed by atoms with Crippen molar-refractivity contribution < 1.29 is 14.2 Å². The molecule has 0 saturated heterocycles. The monoisotopic (exact) mass is 371 g/mol. The molecule has 0 unspecified atom stereocenters. The first kappa shape index (κ1) is 17.9. The van der Waals surface area contributed by atoms with Crippen molar-refractivity contribution in [3.05, 3.63) is 45.1 Å². The van der Waals surface area contributed by atoms with E-state index >= 15 is 0 Å². The summed E-state index contributed by atoms with van der Waals surface area (Å²) in [5.74, 6) is 3.18. The van der Waals surface area contributed by atoms with Crippen LogP contribution in [0.15, 0.2) is 16.9 Å². The zero-order valence-electron chi connectivity index (χ0n) is 16.0. The van der Waals surface area contributed by atoms with Crippen LogP contribution < -0.4 is 19.8 Å². The number of ether oxygens (including phenoxy) is 3. The fraction of sp³-hybridized carbons (Fsp3) is 0.500. The second kappa shape index (κ2) is 7.23. The van der Waals surface area contributed by atoms with Gasteiger partial charge in [0.2, 0.25) is 5.75 Å². The van der Waals surface area contributed by atoms with E-state index in [0.717, 1.165) is 48.6 Å². The van der Waals surface area contributed by atoms with Crippen molar-refractivity contribution in [2.45, 2.75) is 38.3 Å². The zero-order valence-corrected chi connectivity index (χ0v) is 16.0. The molecular formula is C20H25N3O4. The highest BCUT2D eigenvalue weighted by Gasteiger charge is 2.29. The Balaban J connectivity index is 1.57. The number of aromatic nitrogens is 2. The summed E-state index contributed by atoms with van der Waals surface area (Å²) >= 11 is 0. The van der Waals surface area contributed by atoms with Gasteiger partial charge in [0, 0.05) is 31.1 Å². The maximum Gasteiger partial charge on any atom is 0.254 e. The standard InChI is InChI=1S/C20H25N3O4/c1-25-16-8-12(9-17(26-2)18(16)27-3)10-23-7-6-14-15(11-23)21-19(13-4-5-13)22-20(14)24/h8-9,13H,4-7,10-11H2,1-3H3,(H,21,22,24). The summed E-state index contributed by atoms with van der Waals surface area (Å²) in [7, 11) is 4.84. The molecular weight excluding hydrogens is 346 g/mol. The van der Waals surface area contributed by atoms with Crippen LogP contribution in [0, 0.1) is 0 Å². The van der Waals surface area contributed by atoms with Gasteiger partial charge in [-0.2, -0.15) is 0 Å². The van der Waals surface area contributed by atoms with Gasteiger partial charge in [0.25, 0.3) is 5.56 Å². The number of benzene rings is 1. The molecule has 2 aromatic rings. The summed E-state index contributed by atoms with van der Waals surface area (Å²) in [5, 5.41) is 0. The van der Waals surface area contributed by atoms with E-state index in [2.05, 4.69) is 9.88 Å². The molecule has 1 fully saturated rings. The predicted octanol–water partition coefficient (Wildman–Crippen LogP) is 2.23. The Hall–Kier alpha value is -2.54. The number of rotatable bonds is 6. The van der Waals surface area contributed by atoms with Crippen LogP contribution in [-0.4, -0.2) is 42.7 Å². The van der Waals surface area contributed by atoms with Crippen molar-refractivity contribution in [2.75, 3.05) is 27.9 Å². The van der Waals surface area contributed by atoms with Gasteiger partial charge in [-0.05, 0) is 37.0 Å². The summed E-state index contributed by atoms with van der Waals surface area (Å²) in [5.41, 5.74) is 2.86. The molecule has 1 saturated carbocycles. The third-order valence-corrected chi connectivity index (χ3v) is 5.27. The molecule has 27 heavy (non-hydrogen) atoms. The lowest BCUT2D eigenvalue weighted by Crippen LogP contribution is -2.35. The first-order valence-corrected chi connectivity index (χ1v) is 9.26. The van der Waals surface area contributed by atoms with Crippen LogP contribution >= 0.6 is 0 Å². The van der Waals surface area contributed by atoms with Gasteiger partial charge in [-0.3, -0.25) is 9.69 Å². The van der Waals surface area contributed by atoms with Crippen LogP contribution in [0.2, 0.25) is 0 Å². The SMILES string of the molecule is COc1cc(CN2CCc3c(nc(C4CC4)[nH]c3=O)C2)cc(OC)c1OC. The minimum absolute atomic E-state index is 0.0364. The molecule has 1 aromatic carbocycles. The number of fused-ring (bicyclic) bond motifs is 1. The Kier molecular flexibility index (Phi) is 4.78. The Bertz CT molecular complexity index is 880. The van der Waals surface area contributed by atoms with E-state index in [1.165, 1.54) is 0 Å². The van der Waals surface area contributed by atoms with Crippen molar-refractivity contribution in [3.8, 4) is 17.2 Å². The zero-order chi connectivity index (χ0) is 19.0. The topological polar surface area (TPSA) is 76.7 Å². The maximum atomic E-state index is 12.4. The normalized spacial score (nSPS) is 16.7. The van der Waals surface area contributed by atoms with Crippen LogP contribution in [0.25, 0.3) is 0 Å². The first-order valence-electron chi connectivity index (χ1n) is 9.26. The molecule has 0 bridgehead atoms. The second-order valence-electron chi connectivity index (χ2n) is 7.14.